The van der Waals surface area contributed by atoms with Gasteiger partial charge in [-0.15, -0.1) is 11.8 Å². The third-order valence-electron chi connectivity index (χ3n) is 3.56. The van der Waals surface area contributed by atoms with Crippen molar-refractivity contribution < 1.29 is 9.59 Å². The van der Waals surface area contributed by atoms with Crippen LogP contribution in [0.15, 0.2) is 59.1 Å². The molecule has 3 rings (SSSR count). The molecule has 1 fully saturated rings. The average molecular weight is 391 g/mol. The Balaban J connectivity index is 1.73. The molecule has 0 aliphatic carbocycles. The van der Waals surface area contributed by atoms with Gasteiger partial charge in [-0.25, -0.2) is 0 Å². The summed E-state index contributed by atoms with van der Waals surface area (Å²) in [5.74, 6) is 0.880. The third kappa shape index (κ3) is 3.76. The molecule has 0 saturated carbocycles. The van der Waals surface area contributed by atoms with Crippen molar-refractivity contribution in [2.24, 2.45) is 0 Å². The van der Waals surface area contributed by atoms with Crippen LogP contribution in [0.3, 0.4) is 0 Å². The number of halogens is 1. The van der Waals surface area contributed by atoms with E-state index < -0.39 is 6.04 Å². The van der Waals surface area contributed by atoms with Gasteiger partial charge in [0, 0.05) is 21.5 Å². The SMILES string of the molecule is O=C(Nc1cccc(Br)c1)C1CSCN1C(=O)c1ccccc1. The van der Waals surface area contributed by atoms with Crippen molar-refractivity contribution in [3.8, 4) is 0 Å². The molecule has 1 heterocycles. The summed E-state index contributed by atoms with van der Waals surface area (Å²) < 4.78 is 0.897. The summed E-state index contributed by atoms with van der Waals surface area (Å²) in [6, 6.07) is 16.0. The monoisotopic (exact) mass is 390 g/mol. The van der Waals surface area contributed by atoms with Gasteiger partial charge < -0.3 is 10.2 Å². The molecule has 1 aliphatic rings. The first-order chi connectivity index (χ1) is 11.1. The molecule has 23 heavy (non-hydrogen) atoms. The number of nitrogens with one attached hydrogen (secondary N) is 1. The maximum absolute atomic E-state index is 12.6. The van der Waals surface area contributed by atoms with Crippen LogP contribution in [-0.4, -0.2) is 34.4 Å². The topological polar surface area (TPSA) is 49.4 Å². The van der Waals surface area contributed by atoms with Crippen LogP contribution in [0.4, 0.5) is 5.69 Å². The molecule has 2 aromatic carbocycles. The molecule has 0 spiro atoms. The molecule has 1 unspecified atom stereocenters. The summed E-state index contributed by atoms with van der Waals surface area (Å²) >= 11 is 4.97. The maximum atomic E-state index is 12.6. The maximum Gasteiger partial charge on any atom is 0.255 e. The van der Waals surface area contributed by atoms with Gasteiger partial charge in [0.1, 0.15) is 6.04 Å². The number of thioether (sulfide) groups is 1. The largest absolute Gasteiger partial charge is 0.324 e. The summed E-state index contributed by atoms with van der Waals surface area (Å²) in [5, 5.41) is 2.88. The first kappa shape index (κ1) is 16.1. The first-order valence-corrected chi connectivity index (χ1v) is 9.10. The molecule has 1 saturated heterocycles. The second-order valence-corrected chi connectivity index (χ2v) is 7.07. The number of carbonyl (C=O) groups excluding carboxylic acids is 2. The van der Waals surface area contributed by atoms with E-state index in [1.165, 1.54) is 0 Å². The lowest BCUT2D eigenvalue weighted by Crippen LogP contribution is -2.44. The summed E-state index contributed by atoms with van der Waals surface area (Å²) in [6.45, 7) is 0. The molecule has 0 bridgehead atoms. The molecule has 4 nitrogen and oxygen atoms in total. The normalized spacial score (nSPS) is 17.1. The fourth-order valence-electron chi connectivity index (χ4n) is 2.40. The lowest BCUT2D eigenvalue weighted by atomic mass is 10.1. The van der Waals surface area contributed by atoms with E-state index in [-0.39, 0.29) is 11.8 Å². The second-order valence-electron chi connectivity index (χ2n) is 5.16. The van der Waals surface area contributed by atoms with Gasteiger partial charge in [0.15, 0.2) is 0 Å². The number of amides is 2. The number of anilines is 1. The van der Waals surface area contributed by atoms with E-state index in [2.05, 4.69) is 21.2 Å². The Bertz CT molecular complexity index is 724. The van der Waals surface area contributed by atoms with Crippen LogP contribution in [0.25, 0.3) is 0 Å². The molecule has 1 N–H and O–H groups in total. The van der Waals surface area contributed by atoms with Crippen molar-refractivity contribution in [1.82, 2.24) is 4.90 Å². The minimum atomic E-state index is -0.452. The standard InChI is InChI=1S/C17H15BrN2O2S/c18-13-7-4-8-14(9-13)19-16(21)15-10-23-11-20(15)17(22)12-5-2-1-3-6-12/h1-9,15H,10-11H2,(H,19,21). The Kier molecular flexibility index (Phi) is 5.03. The first-order valence-electron chi connectivity index (χ1n) is 7.15. The fraction of sp³-hybridized carbons (Fsp3) is 0.176. The number of nitrogens with zero attached hydrogens (tertiary/aromatic N) is 1. The number of hydrogen-bond acceptors (Lipinski definition) is 3. The lowest BCUT2D eigenvalue weighted by molar-refractivity contribution is -0.119. The van der Waals surface area contributed by atoms with Crippen molar-refractivity contribution in [2.75, 3.05) is 16.9 Å². The summed E-state index contributed by atoms with van der Waals surface area (Å²) in [5.41, 5.74) is 1.32. The van der Waals surface area contributed by atoms with Crippen molar-refractivity contribution in [1.29, 1.82) is 0 Å². The van der Waals surface area contributed by atoms with Gasteiger partial charge in [-0.05, 0) is 30.3 Å². The van der Waals surface area contributed by atoms with Gasteiger partial charge >= 0.3 is 0 Å². The van der Waals surface area contributed by atoms with Crippen molar-refractivity contribution in [2.45, 2.75) is 6.04 Å². The van der Waals surface area contributed by atoms with E-state index in [4.69, 9.17) is 0 Å². The second kappa shape index (κ2) is 7.19. The smallest absolute Gasteiger partial charge is 0.255 e. The molecule has 6 heteroatoms. The van der Waals surface area contributed by atoms with Crippen LogP contribution in [0.5, 0.6) is 0 Å². The summed E-state index contributed by atoms with van der Waals surface area (Å²) in [7, 11) is 0. The molecule has 2 amide bonds. The van der Waals surface area contributed by atoms with Crippen LogP contribution in [-0.2, 0) is 4.79 Å². The molecular formula is C17H15BrN2O2S. The predicted molar refractivity (Wildman–Crippen MR) is 96.5 cm³/mol. The minimum Gasteiger partial charge on any atom is -0.324 e. The Morgan fingerprint density at radius 1 is 1.13 bits per heavy atom. The quantitative estimate of drug-likeness (QED) is 0.870. The fourth-order valence-corrected chi connectivity index (χ4v) is 3.95. The number of hydrogen-bond donors (Lipinski definition) is 1. The van der Waals surface area contributed by atoms with Crippen molar-refractivity contribution >= 4 is 45.2 Å². The van der Waals surface area contributed by atoms with Crippen LogP contribution < -0.4 is 5.32 Å². The van der Waals surface area contributed by atoms with Crippen LogP contribution in [0, 0.1) is 0 Å². The van der Waals surface area contributed by atoms with Gasteiger partial charge in [-0.3, -0.25) is 9.59 Å². The van der Waals surface area contributed by atoms with E-state index >= 15 is 0 Å². The predicted octanol–water partition coefficient (Wildman–Crippen LogP) is 3.60. The Morgan fingerprint density at radius 2 is 1.91 bits per heavy atom. The summed E-state index contributed by atoms with van der Waals surface area (Å²) in [4.78, 5) is 26.8. The van der Waals surface area contributed by atoms with Gasteiger partial charge in [0.2, 0.25) is 5.91 Å². The molecule has 2 aromatic rings. The molecule has 0 aromatic heterocycles. The molecule has 0 radical (unpaired) electrons. The zero-order chi connectivity index (χ0) is 16.2. The van der Waals surface area contributed by atoms with E-state index in [0.717, 1.165) is 4.47 Å². The Hall–Kier alpha value is -1.79. The lowest BCUT2D eigenvalue weighted by Gasteiger charge is -2.23. The number of benzene rings is 2. The van der Waals surface area contributed by atoms with E-state index in [9.17, 15) is 9.59 Å². The third-order valence-corrected chi connectivity index (χ3v) is 5.06. The zero-order valence-corrected chi connectivity index (χ0v) is 14.6. The summed E-state index contributed by atoms with van der Waals surface area (Å²) in [6.07, 6.45) is 0. The number of carbonyl (C=O) groups is 2. The highest BCUT2D eigenvalue weighted by molar-refractivity contribution is 9.10. The van der Waals surface area contributed by atoms with Gasteiger partial charge in [-0.2, -0.15) is 0 Å². The molecule has 1 atom stereocenters. The van der Waals surface area contributed by atoms with Crippen LogP contribution in [0.2, 0.25) is 0 Å². The van der Waals surface area contributed by atoms with Gasteiger partial charge in [0.25, 0.3) is 5.91 Å². The molecule has 1 aliphatic heterocycles. The zero-order valence-electron chi connectivity index (χ0n) is 12.2. The number of rotatable bonds is 3. The van der Waals surface area contributed by atoms with E-state index in [1.807, 2.05) is 42.5 Å². The van der Waals surface area contributed by atoms with Crippen molar-refractivity contribution in [3.63, 3.8) is 0 Å². The highest BCUT2D eigenvalue weighted by Crippen LogP contribution is 2.25. The molecular weight excluding hydrogens is 376 g/mol. The van der Waals surface area contributed by atoms with Gasteiger partial charge in [-0.1, -0.05) is 40.2 Å². The van der Waals surface area contributed by atoms with Crippen LogP contribution >= 0.6 is 27.7 Å². The minimum absolute atomic E-state index is 0.106. The van der Waals surface area contributed by atoms with Gasteiger partial charge in [0.05, 0.1) is 5.88 Å². The van der Waals surface area contributed by atoms with Crippen LogP contribution in [0.1, 0.15) is 10.4 Å². The van der Waals surface area contributed by atoms with Crippen molar-refractivity contribution in [3.05, 3.63) is 64.6 Å². The Labute approximate surface area is 147 Å². The highest BCUT2D eigenvalue weighted by atomic mass is 79.9. The van der Waals surface area contributed by atoms with E-state index in [0.29, 0.717) is 22.9 Å². The average Bonchev–Trinajstić information content (AvgIpc) is 3.05. The molecule has 118 valence electrons. The van der Waals surface area contributed by atoms with E-state index in [1.54, 1.807) is 28.8 Å². The highest BCUT2D eigenvalue weighted by Gasteiger charge is 2.35. The Morgan fingerprint density at radius 3 is 2.65 bits per heavy atom.